The van der Waals surface area contributed by atoms with Crippen molar-refractivity contribution in [3.05, 3.63) is 51.2 Å². The molecule has 2 rings (SSSR count). The first-order valence-corrected chi connectivity index (χ1v) is 6.51. The zero-order valence-electron chi connectivity index (χ0n) is 8.86. The fourth-order valence-corrected chi connectivity index (χ4v) is 2.28. The molecule has 0 amide bonds. The van der Waals surface area contributed by atoms with Crippen LogP contribution in [0.1, 0.15) is 5.56 Å². The Morgan fingerprint density at radius 2 is 2.06 bits per heavy atom. The van der Waals surface area contributed by atoms with E-state index in [1.165, 1.54) is 0 Å². The van der Waals surface area contributed by atoms with Crippen LogP contribution in [0.2, 0.25) is 0 Å². The van der Waals surface area contributed by atoms with E-state index in [4.69, 9.17) is 10.5 Å². The minimum absolute atomic E-state index is 0.430. The average molecular weight is 358 g/mol. The number of ether oxygens (including phenoxy) is 1. The summed E-state index contributed by atoms with van der Waals surface area (Å²) in [5.74, 6) is 0.660. The van der Waals surface area contributed by atoms with Crippen LogP contribution in [-0.2, 0) is 6.61 Å². The number of anilines is 1. The van der Waals surface area contributed by atoms with Crippen LogP contribution in [0.5, 0.6) is 5.75 Å². The van der Waals surface area contributed by atoms with Crippen molar-refractivity contribution in [2.45, 2.75) is 6.61 Å². The molecule has 1 aromatic carbocycles. The van der Waals surface area contributed by atoms with Crippen molar-refractivity contribution in [1.29, 1.82) is 0 Å². The lowest BCUT2D eigenvalue weighted by atomic mass is 10.3. The average Bonchev–Trinajstić information content (AvgIpc) is 2.28. The molecule has 88 valence electrons. The molecule has 0 fully saturated rings. The number of halogens is 2. The van der Waals surface area contributed by atoms with Crippen molar-refractivity contribution < 1.29 is 4.74 Å². The molecule has 2 N–H and O–H groups in total. The summed E-state index contributed by atoms with van der Waals surface area (Å²) in [6.45, 7) is 0.430. The molecule has 0 aliphatic rings. The molecule has 2 aromatic rings. The monoisotopic (exact) mass is 356 g/mol. The molecule has 1 heterocycles. The van der Waals surface area contributed by atoms with Gasteiger partial charge in [0.2, 0.25) is 0 Å². The Labute approximate surface area is 116 Å². The highest BCUT2D eigenvalue weighted by molar-refractivity contribution is 9.10. The first-order valence-electron chi connectivity index (χ1n) is 4.93. The number of nitrogen functional groups attached to an aromatic ring is 1. The van der Waals surface area contributed by atoms with E-state index in [9.17, 15) is 0 Å². The fraction of sp³-hybridized carbons (Fsp3) is 0.0833. The van der Waals surface area contributed by atoms with Gasteiger partial charge in [-0.1, -0.05) is 6.07 Å². The summed E-state index contributed by atoms with van der Waals surface area (Å²) in [6, 6.07) is 7.52. The van der Waals surface area contributed by atoms with Crippen LogP contribution in [-0.4, -0.2) is 4.98 Å². The zero-order valence-corrected chi connectivity index (χ0v) is 12.0. The molecule has 0 aliphatic carbocycles. The van der Waals surface area contributed by atoms with E-state index < -0.39 is 0 Å². The zero-order chi connectivity index (χ0) is 12.3. The quantitative estimate of drug-likeness (QED) is 0.850. The second-order valence-corrected chi connectivity index (χ2v) is 5.23. The van der Waals surface area contributed by atoms with Crippen LogP contribution in [0.3, 0.4) is 0 Å². The van der Waals surface area contributed by atoms with Gasteiger partial charge >= 0.3 is 0 Å². The van der Waals surface area contributed by atoms with Gasteiger partial charge in [0.05, 0.1) is 10.2 Å². The smallest absolute Gasteiger partial charge is 0.156 e. The molecule has 0 saturated heterocycles. The van der Waals surface area contributed by atoms with E-state index in [0.717, 1.165) is 14.5 Å². The summed E-state index contributed by atoms with van der Waals surface area (Å²) in [4.78, 5) is 4.07. The lowest BCUT2D eigenvalue weighted by molar-refractivity contribution is 0.305. The van der Waals surface area contributed by atoms with Crippen molar-refractivity contribution in [1.82, 2.24) is 4.98 Å². The Hall–Kier alpha value is -1.07. The summed E-state index contributed by atoms with van der Waals surface area (Å²) in [7, 11) is 0. The molecule has 0 radical (unpaired) electrons. The fourth-order valence-electron chi connectivity index (χ4n) is 1.37. The molecule has 0 unspecified atom stereocenters. The highest BCUT2D eigenvalue weighted by atomic mass is 79.9. The molecule has 0 saturated carbocycles. The third-order valence-corrected chi connectivity index (χ3v) is 3.20. The van der Waals surface area contributed by atoms with Crippen LogP contribution >= 0.6 is 31.9 Å². The standard InChI is InChI=1S/C12H10Br2N2O/c13-9-4-8(5-16-6-9)7-17-12-10(14)2-1-3-11(12)15/h1-6H,7,15H2. The largest absolute Gasteiger partial charge is 0.485 e. The molecule has 5 heteroatoms. The van der Waals surface area contributed by atoms with Crippen molar-refractivity contribution in [2.75, 3.05) is 5.73 Å². The number of pyridine rings is 1. The van der Waals surface area contributed by atoms with E-state index in [2.05, 4.69) is 36.8 Å². The molecular weight excluding hydrogens is 348 g/mol. The van der Waals surface area contributed by atoms with Crippen molar-refractivity contribution in [2.24, 2.45) is 0 Å². The molecule has 17 heavy (non-hydrogen) atoms. The Bertz CT molecular complexity index is 511. The lowest BCUT2D eigenvalue weighted by Crippen LogP contribution is -1.99. The van der Waals surface area contributed by atoms with Gasteiger partial charge in [-0.25, -0.2) is 0 Å². The summed E-state index contributed by atoms with van der Waals surface area (Å²) in [6.07, 6.45) is 3.49. The Morgan fingerprint density at radius 3 is 2.76 bits per heavy atom. The number of para-hydroxylation sites is 1. The second-order valence-electron chi connectivity index (χ2n) is 3.46. The van der Waals surface area contributed by atoms with Gasteiger partial charge in [0.15, 0.2) is 5.75 Å². The van der Waals surface area contributed by atoms with Crippen molar-refractivity contribution in [3.63, 3.8) is 0 Å². The van der Waals surface area contributed by atoms with Gasteiger partial charge in [0.25, 0.3) is 0 Å². The minimum Gasteiger partial charge on any atom is -0.485 e. The topological polar surface area (TPSA) is 48.1 Å². The maximum atomic E-state index is 5.84. The SMILES string of the molecule is Nc1cccc(Br)c1OCc1cncc(Br)c1. The highest BCUT2D eigenvalue weighted by Gasteiger charge is 2.05. The lowest BCUT2D eigenvalue weighted by Gasteiger charge is -2.10. The van der Waals surface area contributed by atoms with Gasteiger partial charge in [-0.05, 0) is 50.1 Å². The molecule has 0 atom stereocenters. The van der Waals surface area contributed by atoms with Crippen LogP contribution < -0.4 is 10.5 Å². The normalized spacial score (nSPS) is 10.2. The molecule has 3 nitrogen and oxygen atoms in total. The first-order chi connectivity index (χ1) is 8.16. The van der Waals surface area contributed by atoms with Gasteiger partial charge < -0.3 is 10.5 Å². The van der Waals surface area contributed by atoms with Gasteiger partial charge in [-0.3, -0.25) is 4.98 Å². The van der Waals surface area contributed by atoms with E-state index >= 15 is 0 Å². The molecule has 0 spiro atoms. The molecule has 0 bridgehead atoms. The predicted molar refractivity (Wildman–Crippen MR) is 74.8 cm³/mol. The third kappa shape index (κ3) is 3.20. The second kappa shape index (κ2) is 5.51. The number of benzene rings is 1. The maximum absolute atomic E-state index is 5.84. The van der Waals surface area contributed by atoms with Gasteiger partial charge in [0, 0.05) is 22.4 Å². The molecular formula is C12H10Br2N2O. The van der Waals surface area contributed by atoms with E-state index in [-0.39, 0.29) is 0 Å². The van der Waals surface area contributed by atoms with E-state index in [0.29, 0.717) is 18.0 Å². The molecule has 0 aliphatic heterocycles. The minimum atomic E-state index is 0.430. The summed E-state index contributed by atoms with van der Waals surface area (Å²) < 4.78 is 7.45. The van der Waals surface area contributed by atoms with Crippen LogP contribution in [0.4, 0.5) is 5.69 Å². The highest BCUT2D eigenvalue weighted by Crippen LogP contribution is 2.31. The predicted octanol–water partition coefficient (Wildman–Crippen LogP) is 3.77. The van der Waals surface area contributed by atoms with Crippen LogP contribution in [0.15, 0.2) is 45.6 Å². The maximum Gasteiger partial charge on any atom is 0.156 e. The summed E-state index contributed by atoms with van der Waals surface area (Å²) in [5, 5.41) is 0. The number of hydrogen-bond acceptors (Lipinski definition) is 3. The molecule has 1 aromatic heterocycles. The van der Waals surface area contributed by atoms with E-state index in [1.807, 2.05) is 18.2 Å². The number of nitrogens with zero attached hydrogens (tertiary/aromatic N) is 1. The first kappa shape index (κ1) is 12.4. The van der Waals surface area contributed by atoms with Gasteiger partial charge in [-0.15, -0.1) is 0 Å². The summed E-state index contributed by atoms with van der Waals surface area (Å²) in [5.41, 5.74) is 7.43. The van der Waals surface area contributed by atoms with Crippen LogP contribution in [0, 0.1) is 0 Å². The van der Waals surface area contributed by atoms with Gasteiger partial charge in [-0.2, -0.15) is 0 Å². The number of rotatable bonds is 3. The van der Waals surface area contributed by atoms with E-state index in [1.54, 1.807) is 18.5 Å². The van der Waals surface area contributed by atoms with Crippen molar-refractivity contribution in [3.8, 4) is 5.75 Å². The summed E-state index contributed by atoms with van der Waals surface area (Å²) >= 11 is 6.77. The number of nitrogens with two attached hydrogens (primary N) is 1. The number of aromatic nitrogens is 1. The van der Waals surface area contributed by atoms with Crippen LogP contribution in [0.25, 0.3) is 0 Å². The third-order valence-electron chi connectivity index (χ3n) is 2.14. The Morgan fingerprint density at radius 1 is 1.24 bits per heavy atom. The van der Waals surface area contributed by atoms with Crippen molar-refractivity contribution >= 4 is 37.5 Å². The number of hydrogen-bond donors (Lipinski definition) is 1. The van der Waals surface area contributed by atoms with Gasteiger partial charge in [0.1, 0.15) is 6.61 Å². The Balaban J connectivity index is 2.13. The Kier molecular flexibility index (Phi) is 4.02.